The molecule has 1 aliphatic rings. The van der Waals surface area contributed by atoms with Crippen LogP contribution in [0.4, 0.5) is 24.5 Å². The molecular weight excluding hydrogens is 455 g/mol. The van der Waals surface area contributed by atoms with E-state index in [1.807, 2.05) is 0 Å². The van der Waals surface area contributed by atoms with Crippen molar-refractivity contribution in [2.24, 2.45) is 5.92 Å². The highest BCUT2D eigenvalue weighted by molar-refractivity contribution is 6.26. The van der Waals surface area contributed by atoms with Gasteiger partial charge in [-0.3, -0.25) is 14.0 Å². The fourth-order valence-electron chi connectivity index (χ4n) is 4.21. The van der Waals surface area contributed by atoms with Gasteiger partial charge in [0.05, 0.1) is 16.9 Å². The van der Waals surface area contributed by atoms with Gasteiger partial charge in [-0.15, -0.1) is 0 Å². The Kier molecular flexibility index (Phi) is 6.38. The van der Waals surface area contributed by atoms with E-state index in [-0.39, 0.29) is 22.7 Å². The first-order chi connectivity index (χ1) is 15.6. The number of anilines is 2. The summed E-state index contributed by atoms with van der Waals surface area (Å²) in [6.45, 7) is 2.15. The minimum Gasteiger partial charge on any atom is -0.360 e. The largest absolute Gasteiger partial charge is 0.418 e. The van der Waals surface area contributed by atoms with Crippen LogP contribution in [0.1, 0.15) is 48.5 Å². The van der Waals surface area contributed by atoms with Crippen molar-refractivity contribution in [3.63, 3.8) is 0 Å². The molecule has 1 heterocycles. The fourth-order valence-corrected chi connectivity index (χ4v) is 4.51. The molecule has 4 rings (SSSR count). The maximum atomic E-state index is 13.8. The van der Waals surface area contributed by atoms with E-state index in [1.165, 1.54) is 22.7 Å². The van der Waals surface area contributed by atoms with Crippen molar-refractivity contribution in [3.8, 4) is 0 Å². The molecule has 0 aliphatic heterocycles. The van der Waals surface area contributed by atoms with Crippen LogP contribution in [0.15, 0.2) is 53.5 Å². The number of rotatable bonds is 4. The lowest BCUT2D eigenvalue weighted by Gasteiger charge is -2.33. The van der Waals surface area contributed by atoms with Gasteiger partial charge in [-0.1, -0.05) is 19.1 Å². The molecular formula is C24H23ClF3N3O2. The van der Waals surface area contributed by atoms with Crippen molar-refractivity contribution in [3.05, 3.63) is 70.0 Å². The zero-order chi connectivity index (χ0) is 23.8. The van der Waals surface area contributed by atoms with Gasteiger partial charge in [0.2, 0.25) is 5.43 Å². The van der Waals surface area contributed by atoms with E-state index in [9.17, 15) is 22.8 Å². The molecule has 174 valence electrons. The van der Waals surface area contributed by atoms with Gasteiger partial charge >= 0.3 is 6.18 Å². The summed E-state index contributed by atoms with van der Waals surface area (Å²) in [6, 6.07) is 10.1. The van der Waals surface area contributed by atoms with E-state index in [0.717, 1.165) is 31.7 Å². The molecule has 3 aromatic rings. The minimum atomic E-state index is -4.73. The van der Waals surface area contributed by atoms with Crippen LogP contribution in [-0.4, -0.2) is 16.9 Å². The standard InChI is InChI=1S/C24H23ClF3N3O2/c1-14-6-8-15(9-7-14)31(25)16-10-11-21(19(12-16)24(26,27)28)30-23(33)18-13-29-20-5-3-2-4-17(20)22(18)32/h2-5,10-15H,6-9H2,1H3,(H,29,32)(H,30,33). The third kappa shape index (κ3) is 4.85. The van der Waals surface area contributed by atoms with Gasteiger partial charge in [-0.25, -0.2) is 0 Å². The van der Waals surface area contributed by atoms with E-state index < -0.39 is 28.8 Å². The summed E-state index contributed by atoms with van der Waals surface area (Å²) >= 11 is 6.42. The Bertz CT molecular complexity index is 1230. The first-order valence-corrected chi connectivity index (χ1v) is 11.1. The van der Waals surface area contributed by atoms with E-state index >= 15 is 0 Å². The average Bonchev–Trinajstić information content (AvgIpc) is 2.79. The first kappa shape index (κ1) is 23.2. The zero-order valence-corrected chi connectivity index (χ0v) is 18.6. The van der Waals surface area contributed by atoms with Crippen LogP contribution < -0.4 is 15.2 Å². The number of nitrogens with zero attached hydrogens (tertiary/aromatic N) is 1. The van der Waals surface area contributed by atoms with Gasteiger partial charge in [0.1, 0.15) is 5.56 Å². The molecule has 1 aliphatic carbocycles. The summed E-state index contributed by atoms with van der Waals surface area (Å²) in [6.07, 6.45) is 0.00679. The summed E-state index contributed by atoms with van der Waals surface area (Å²) in [5.74, 6) is -0.350. The highest BCUT2D eigenvalue weighted by atomic mass is 35.5. The first-order valence-electron chi connectivity index (χ1n) is 10.7. The molecule has 0 atom stereocenters. The minimum absolute atomic E-state index is 0.0550. The van der Waals surface area contributed by atoms with Gasteiger partial charge in [0, 0.05) is 34.9 Å². The number of hydrogen-bond acceptors (Lipinski definition) is 3. The Labute approximate surface area is 193 Å². The molecule has 2 N–H and O–H groups in total. The predicted octanol–water partition coefficient (Wildman–Crippen LogP) is 6.34. The molecule has 2 aromatic carbocycles. The van der Waals surface area contributed by atoms with Crippen LogP contribution >= 0.6 is 11.8 Å². The van der Waals surface area contributed by atoms with Gasteiger partial charge in [-0.2, -0.15) is 13.2 Å². The number of aromatic nitrogens is 1. The Hall–Kier alpha value is -3.00. The van der Waals surface area contributed by atoms with Crippen molar-refractivity contribution in [1.29, 1.82) is 0 Å². The van der Waals surface area contributed by atoms with Gasteiger partial charge in [0.25, 0.3) is 5.91 Å². The Morgan fingerprint density at radius 2 is 1.82 bits per heavy atom. The van der Waals surface area contributed by atoms with Crippen molar-refractivity contribution >= 4 is 40.0 Å². The molecule has 1 amide bonds. The molecule has 1 fully saturated rings. The van der Waals surface area contributed by atoms with Crippen LogP contribution in [0.3, 0.4) is 0 Å². The van der Waals surface area contributed by atoms with Crippen molar-refractivity contribution in [1.82, 2.24) is 4.98 Å². The molecule has 1 aromatic heterocycles. The lowest BCUT2D eigenvalue weighted by atomic mass is 9.87. The molecule has 0 saturated heterocycles. The highest BCUT2D eigenvalue weighted by Gasteiger charge is 2.35. The highest BCUT2D eigenvalue weighted by Crippen LogP contribution is 2.39. The third-order valence-electron chi connectivity index (χ3n) is 6.14. The number of carbonyl (C=O) groups excluding carboxylic acids is 1. The second-order valence-electron chi connectivity index (χ2n) is 8.48. The lowest BCUT2D eigenvalue weighted by molar-refractivity contribution is -0.136. The summed E-state index contributed by atoms with van der Waals surface area (Å²) < 4.78 is 42.9. The number of aromatic amines is 1. The normalized spacial score (nSPS) is 18.8. The quantitative estimate of drug-likeness (QED) is 0.431. The molecule has 5 nitrogen and oxygen atoms in total. The summed E-state index contributed by atoms with van der Waals surface area (Å²) in [5, 5.41) is 2.52. The van der Waals surface area contributed by atoms with Crippen LogP contribution in [-0.2, 0) is 6.18 Å². The van der Waals surface area contributed by atoms with E-state index in [4.69, 9.17) is 11.8 Å². The molecule has 0 radical (unpaired) electrons. The number of nitrogens with one attached hydrogen (secondary N) is 2. The van der Waals surface area contributed by atoms with E-state index in [2.05, 4.69) is 17.2 Å². The molecule has 0 bridgehead atoms. The van der Waals surface area contributed by atoms with Gasteiger partial charge in [-0.05, 0) is 61.9 Å². The van der Waals surface area contributed by atoms with E-state index in [0.29, 0.717) is 11.4 Å². The van der Waals surface area contributed by atoms with Gasteiger partial charge in [0.15, 0.2) is 0 Å². The van der Waals surface area contributed by atoms with Crippen LogP contribution in [0, 0.1) is 5.92 Å². The number of amides is 1. The SMILES string of the molecule is CC1CCC(N(Cl)c2ccc(NC(=O)c3c[nH]c4ccccc4c3=O)c(C(F)(F)F)c2)CC1. The Morgan fingerprint density at radius 1 is 1.12 bits per heavy atom. The number of carbonyl (C=O) groups is 1. The second kappa shape index (κ2) is 9.09. The molecule has 0 spiro atoms. The number of fused-ring (bicyclic) bond motifs is 1. The van der Waals surface area contributed by atoms with Crippen LogP contribution in [0.5, 0.6) is 0 Å². The lowest BCUT2D eigenvalue weighted by Crippen LogP contribution is -2.31. The molecule has 0 unspecified atom stereocenters. The zero-order valence-electron chi connectivity index (χ0n) is 17.9. The number of H-pyrrole nitrogens is 1. The molecule has 9 heteroatoms. The topological polar surface area (TPSA) is 65.2 Å². The second-order valence-corrected chi connectivity index (χ2v) is 8.85. The number of alkyl halides is 3. The third-order valence-corrected chi connectivity index (χ3v) is 6.61. The predicted molar refractivity (Wildman–Crippen MR) is 124 cm³/mol. The Morgan fingerprint density at radius 3 is 2.52 bits per heavy atom. The number of hydrogen-bond donors (Lipinski definition) is 2. The maximum Gasteiger partial charge on any atom is 0.418 e. The number of pyridine rings is 1. The summed E-state index contributed by atoms with van der Waals surface area (Å²) in [7, 11) is 0. The van der Waals surface area contributed by atoms with Crippen molar-refractivity contribution in [2.45, 2.75) is 44.8 Å². The maximum absolute atomic E-state index is 13.8. The van der Waals surface area contributed by atoms with Crippen molar-refractivity contribution in [2.75, 3.05) is 9.74 Å². The van der Waals surface area contributed by atoms with Crippen molar-refractivity contribution < 1.29 is 18.0 Å². The monoisotopic (exact) mass is 477 g/mol. The smallest absolute Gasteiger partial charge is 0.360 e. The number of benzene rings is 2. The molecule has 33 heavy (non-hydrogen) atoms. The fraction of sp³-hybridized carbons (Fsp3) is 0.333. The number of halogens is 4. The number of para-hydroxylation sites is 1. The average molecular weight is 478 g/mol. The Balaban J connectivity index is 1.63. The van der Waals surface area contributed by atoms with Crippen LogP contribution in [0.2, 0.25) is 0 Å². The van der Waals surface area contributed by atoms with Crippen LogP contribution in [0.25, 0.3) is 10.9 Å². The molecule has 1 saturated carbocycles. The van der Waals surface area contributed by atoms with Gasteiger partial charge < -0.3 is 10.3 Å². The summed E-state index contributed by atoms with van der Waals surface area (Å²) in [5.41, 5.74) is -1.57. The van der Waals surface area contributed by atoms with E-state index in [1.54, 1.807) is 24.3 Å². The summed E-state index contributed by atoms with van der Waals surface area (Å²) in [4.78, 5) is 28.2.